The zero-order chi connectivity index (χ0) is 53.1. The van der Waals surface area contributed by atoms with Gasteiger partial charge in [0, 0.05) is 30.9 Å². The van der Waals surface area contributed by atoms with Crippen LogP contribution in [0.25, 0.3) is 0 Å². The van der Waals surface area contributed by atoms with Gasteiger partial charge in [-0.25, -0.2) is 13.9 Å². The molecular formula is C49H85N3O18P2. The van der Waals surface area contributed by atoms with Crippen molar-refractivity contribution in [3.63, 3.8) is 0 Å². The van der Waals surface area contributed by atoms with Gasteiger partial charge in [0.25, 0.3) is 0 Å². The number of fused-ring (bicyclic) bond motifs is 3. The van der Waals surface area contributed by atoms with Crippen molar-refractivity contribution in [1.29, 1.82) is 0 Å². The van der Waals surface area contributed by atoms with Gasteiger partial charge in [-0.3, -0.25) is 23.2 Å². The van der Waals surface area contributed by atoms with Gasteiger partial charge in [-0.05, 0) is 31.2 Å². The van der Waals surface area contributed by atoms with Crippen molar-refractivity contribution in [3.05, 3.63) is 47.1 Å². The van der Waals surface area contributed by atoms with Gasteiger partial charge in [0.15, 0.2) is 6.10 Å². The number of allylic oxidation sites excluding steroid dienone is 1. The fourth-order valence-electron chi connectivity index (χ4n) is 8.63. The first-order valence-corrected chi connectivity index (χ1v) is 29.0. The Bertz CT molecular complexity index is 1940. The van der Waals surface area contributed by atoms with Gasteiger partial charge in [-0.1, -0.05) is 148 Å². The average Bonchev–Trinajstić information content (AvgIpc) is 3.30. The molecule has 0 saturated carbocycles. The monoisotopic (exact) mass is 1070 g/mol. The largest absolute Gasteiger partial charge is 0.481 e. The summed E-state index contributed by atoms with van der Waals surface area (Å²) >= 11 is 0. The number of cyclic esters (lactones) is 1. The Morgan fingerprint density at radius 1 is 0.833 bits per heavy atom. The molecule has 2 aliphatic heterocycles. The summed E-state index contributed by atoms with van der Waals surface area (Å²) in [6, 6.07) is 1.22. The molecule has 3 heterocycles. The quantitative estimate of drug-likeness (QED) is 0.0227. The molecule has 0 spiro atoms. The number of aliphatic hydroxyl groups excluding tert-OH is 5. The van der Waals surface area contributed by atoms with Gasteiger partial charge >= 0.3 is 33.3 Å². The number of rotatable bonds is 24. The van der Waals surface area contributed by atoms with E-state index >= 15 is 0 Å². The summed E-state index contributed by atoms with van der Waals surface area (Å²) in [4.78, 5) is 64.2. The number of unbranched alkanes of at least 4 members (excludes halogenated alkanes) is 14. The number of esters is 2. The van der Waals surface area contributed by atoms with E-state index in [1.807, 2.05) is 6.92 Å². The maximum Gasteiger partial charge on any atom is 0.481 e. The van der Waals surface area contributed by atoms with Crippen molar-refractivity contribution in [2.45, 2.75) is 211 Å². The second kappa shape index (κ2) is 33.9. The van der Waals surface area contributed by atoms with E-state index in [-0.39, 0.29) is 25.1 Å². The topological polar surface area (TPSA) is 326 Å². The number of ether oxygens (including phenoxy) is 3. The van der Waals surface area contributed by atoms with Crippen LogP contribution in [-0.4, -0.2) is 119 Å². The van der Waals surface area contributed by atoms with E-state index in [1.165, 1.54) is 81.7 Å². The van der Waals surface area contributed by atoms with Crippen molar-refractivity contribution < 1.29 is 81.6 Å². The molecule has 3 rings (SSSR count). The Balaban J connectivity index is 1.77. The number of hydrogen-bond donors (Lipinski definition) is 8. The minimum Gasteiger partial charge on any atom is -0.461 e. The summed E-state index contributed by atoms with van der Waals surface area (Å²) < 4.78 is 58.8. The summed E-state index contributed by atoms with van der Waals surface area (Å²) in [5, 5.41) is 57.3. The summed E-state index contributed by atoms with van der Waals surface area (Å²) in [5.74, 6) is -3.66. The highest BCUT2D eigenvalue weighted by Crippen LogP contribution is 2.60. The van der Waals surface area contributed by atoms with Gasteiger partial charge in [0.2, 0.25) is 0 Å². The number of anilines is 1. The van der Waals surface area contributed by atoms with E-state index in [9.17, 15) is 58.8 Å². The van der Waals surface area contributed by atoms with Crippen LogP contribution in [-0.2, 0) is 46.3 Å². The predicted molar refractivity (Wildman–Crippen MR) is 268 cm³/mol. The number of nitrogen functional groups attached to an aromatic ring is 1. The van der Waals surface area contributed by atoms with Crippen LogP contribution in [0.4, 0.5) is 5.82 Å². The highest BCUT2D eigenvalue weighted by molar-refractivity contribution is 7.61. The van der Waals surface area contributed by atoms with Crippen molar-refractivity contribution in [3.8, 4) is 0 Å². The molecule has 2 aliphatic rings. The molecule has 0 aromatic carbocycles. The smallest absolute Gasteiger partial charge is 0.461 e. The molecule has 2 unspecified atom stereocenters. The molecule has 23 heteroatoms. The Morgan fingerprint density at radius 2 is 1.43 bits per heavy atom. The van der Waals surface area contributed by atoms with Crippen LogP contribution < -0.4 is 11.4 Å². The molecular weight excluding hydrogens is 980 g/mol. The first-order chi connectivity index (χ1) is 34.2. The van der Waals surface area contributed by atoms with E-state index in [1.54, 1.807) is 0 Å². The maximum atomic E-state index is 13.3. The van der Waals surface area contributed by atoms with Gasteiger partial charge < -0.3 is 55.3 Å². The number of carbonyl (C=O) groups excluding carboxylic acids is 2. The number of phosphoric acid groups is 2. The minimum atomic E-state index is -5.70. The molecule has 21 nitrogen and oxygen atoms in total. The van der Waals surface area contributed by atoms with Crippen LogP contribution in [0.15, 0.2) is 41.4 Å². The Morgan fingerprint density at radius 3 is 2.04 bits per heavy atom. The van der Waals surface area contributed by atoms with Crippen molar-refractivity contribution >= 4 is 33.4 Å². The molecule has 414 valence electrons. The highest BCUT2D eigenvalue weighted by atomic mass is 31.3. The van der Waals surface area contributed by atoms with E-state index in [2.05, 4.69) is 23.1 Å². The normalized spacial score (nSPS) is 30.5. The third-order valence-electron chi connectivity index (χ3n) is 12.8. The lowest BCUT2D eigenvalue weighted by Crippen LogP contribution is -2.52. The number of aromatic nitrogens is 2. The molecule has 0 amide bonds. The summed E-state index contributed by atoms with van der Waals surface area (Å²) in [7, 11) is -11.3. The second-order valence-corrected chi connectivity index (χ2v) is 22.5. The third-order valence-corrected chi connectivity index (χ3v) is 15.4. The van der Waals surface area contributed by atoms with Gasteiger partial charge in [0.05, 0.1) is 44.1 Å². The van der Waals surface area contributed by atoms with Crippen LogP contribution >= 0.6 is 15.6 Å². The minimum absolute atomic E-state index is 0.0112. The van der Waals surface area contributed by atoms with Crippen molar-refractivity contribution in [1.82, 2.24) is 9.55 Å². The maximum absolute atomic E-state index is 13.3. The van der Waals surface area contributed by atoms with Gasteiger partial charge in [-0.15, -0.1) is 0 Å². The number of phosphoric ester groups is 2. The second-order valence-electron chi connectivity index (χ2n) is 19.5. The first kappa shape index (κ1) is 63.4. The zero-order valence-electron chi connectivity index (χ0n) is 42.5. The van der Waals surface area contributed by atoms with Crippen molar-refractivity contribution in [2.24, 2.45) is 17.8 Å². The van der Waals surface area contributed by atoms with E-state index in [0.717, 1.165) is 61.6 Å². The first-order valence-electron chi connectivity index (χ1n) is 26.0. The fraction of sp³-hybridized carbons (Fsp3) is 0.796. The molecule has 1 fully saturated rings. The van der Waals surface area contributed by atoms with E-state index in [0.29, 0.717) is 19.3 Å². The Kier molecular flexibility index (Phi) is 29.9. The molecule has 2 bridgehead atoms. The number of nitrogens with zero attached hydrogens (tertiary/aromatic N) is 2. The SMILES string of the molecule is CCCCC[C@@H](O)/C=C/[C@@H]1[C@H](O)[C@H](O)[C@H]2COP(=O)(O)OP(=O)(O)OC[C@H](OC(=O)CCCCCCCCCCCCCCCC(C)C)COC(=O)C/C=C\C[C@@H]([C@H](n3ccc(N)nc3=O)O2)[C@@H](O)C[C@H]1O. The van der Waals surface area contributed by atoms with Crippen LogP contribution in [0.3, 0.4) is 0 Å². The fourth-order valence-corrected chi connectivity index (χ4v) is 10.7. The summed E-state index contributed by atoms with van der Waals surface area (Å²) in [5.41, 5.74) is 4.73. The number of aliphatic hydroxyl groups is 5. The van der Waals surface area contributed by atoms with Gasteiger partial charge in [0.1, 0.15) is 30.9 Å². The molecule has 1 saturated heterocycles. The zero-order valence-corrected chi connectivity index (χ0v) is 44.3. The molecule has 1 aromatic rings. The predicted octanol–water partition coefficient (Wildman–Crippen LogP) is 6.85. The van der Waals surface area contributed by atoms with Crippen LogP contribution in [0.1, 0.15) is 168 Å². The highest BCUT2D eigenvalue weighted by Gasteiger charge is 2.45. The van der Waals surface area contributed by atoms with Crippen LogP contribution in [0.2, 0.25) is 0 Å². The summed E-state index contributed by atoms with van der Waals surface area (Å²) in [6.45, 7) is 3.72. The van der Waals surface area contributed by atoms with Gasteiger partial charge in [-0.2, -0.15) is 9.29 Å². The lowest BCUT2D eigenvalue weighted by molar-refractivity contribution is -0.194. The van der Waals surface area contributed by atoms with Crippen LogP contribution in [0.5, 0.6) is 0 Å². The standard InChI is InChI=1S/C49H85N3O18P2/c1-4-5-17-23-36(53)27-28-38-40(54)31-41(55)39-24-20-21-25-44(56)65-32-37(68-45(57)26-19-16-14-12-10-8-6-7-9-11-13-15-18-22-35(2)3)33-66-71(61,62)70-72(63,64)67-34-42(47(59)46(38)58)69-48(39)52-30-29-43(50)51-49(52)60/h20-21,27-30,35-42,46-48,53-55,58-59H,4-19,22-26,31-34H2,1-3H3,(H,61,62)(H,63,64)(H2,50,51,60)/b21-20-,28-27+/t36-,37-,38+,39-,40-,41+,42-,46+,47-,48-/m1/s1. The summed E-state index contributed by atoms with van der Waals surface area (Å²) in [6.07, 6.45) is 10.4. The number of hydrogen-bond acceptors (Lipinski definition) is 18. The van der Waals surface area contributed by atoms with Crippen molar-refractivity contribution in [2.75, 3.05) is 25.6 Å². The van der Waals surface area contributed by atoms with E-state index < -0.39 is 120 Å². The molecule has 12 atom stereocenters. The Hall–Kier alpha value is -2.88. The van der Waals surface area contributed by atoms with Crippen LogP contribution in [0, 0.1) is 17.8 Å². The Labute approximate surface area is 424 Å². The van der Waals surface area contributed by atoms with E-state index in [4.69, 9.17) is 29.0 Å². The average molecular weight is 1070 g/mol. The molecule has 0 aliphatic carbocycles. The number of carbonyl (C=O) groups is 2. The molecule has 0 radical (unpaired) electrons. The molecule has 72 heavy (non-hydrogen) atoms. The lowest BCUT2D eigenvalue weighted by Gasteiger charge is -2.40. The lowest BCUT2D eigenvalue weighted by atomic mass is 9.82. The molecule has 1 aromatic heterocycles. The molecule has 9 N–H and O–H groups in total. The number of nitrogens with two attached hydrogens (primary N) is 1. The third kappa shape index (κ3) is 25.1.